The fourth-order valence-corrected chi connectivity index (χ4v) is 7.15. The van der Waals surface area contributed by atoms with E-state index in [2.05, 4.69) is 57.1 Å². The molecule has 0 radical (unpaired) electrons. The maximum Gasteiger partial charge on any atom is 0.0577 e. The van der Waals surface area contributed by atoms with Crippen LogP contribution in [0.4, 0.5) is 0 Å². The van der Waals surface area contributed by atoms with Gasteiger partial charge >= 0.3 is 0 Å². The molecule has 2 fully saturated rings. The summed E-state index contributed by atoms with van der Waals surface area (Å²) in [6, 6.07) is 0. The number of fused-ring (bicyclic) bond motifs is 5. The van der Waals surface area contributed by atoms with Crippen molar-refractivity contribution in [1.82, 2.24) is 0 Å². The zero-order valence-electron chi connectivity index (χ0n) is 17.7. The number of hydrogen-bond donors (Lipinski definition) is 1. The summed E-state index contributed by atoms with van der Waals surface area (Å²) in [4.78, 5) is 4.54. The summed E-state index contributed by atoms with van der Waals surface area (Å²) in [6.07, 6.45) is 17.5. The minimum Gasteiger partial charge on any atom is -0.393 e. The summed E-state index contributed by atoms with van der Waals surface area (Å²) in [5.41, 5.74) is 5.11. The van der Waals surface area contributed by atoms with Gasteiger partial charge in [0.1, 0.15) is 0 Å². The molecule has 4 aliphatic carbocycles. The van der Waals surface area contributed by atoms with E-state index in [-0.39, 0.29) is 6.10 Å². The first-order chi connectivity index (χ1) is 12.9. The Kier molecular flexibility index (Phi) is 4.99. The highest BCUT2D eigenvalue weighted by molar-refractivity contribution is 5.85. The lowest BCUT2D eigenvalue weighted by Crippen LogP contribution is -2.50. The highest BCUT2D eigenvalue weighted by Crippen LogP contribution is 2.65. The Morgan fingerprint density at radius 1 is 1.15 bits per heavy atom. The molecule has 4 aliphatic rings. The molecule has 0 heterocycles. The molecule has 0 aromatic rings. The molecular weight excluding hydrogens is 330 g/mol. The summed E-state index contributed by atoms with van der Waals surface area (Å²) in [5.74, 6) is 2.36. The quantitative estimate of drug-likeness (QED) is 0.490. The molecule has 0 bridgehead atoms. The highest BCUT2D eigenvalue weighted by atomic mass is 16.3. The molecule has 0 aromatic carbocycles. The van der Waals surface area contributed by atoms with Gasteiger partial charge in [0.15, 0.2) is 0 Å². The number of nitrogens with zero attached hydrogens (tertiary/aromatic N) is 1. The van der Waals surface area contributed by atoms with Crippen LogP contribution in [0.5, 0.6) is 0 Å². The van der Waals surface area contributed by atoms with Gasteiger partial charge in [0.25, 0.3) is 0 Å². The van der Waals surface area contributed by atoms with Gasteiger partial charge in [-0.25, -0.2) is 0 Å². The van der Waals surface area contributed by atoms with Crippen LogP contribution in [0.3, 0.4) is 0 Å². The number of aliphatic hydroxyl groups excluding tert-OH is 1. The average molecular weight is 368 g/mol. The van der Waals surface area contributed by atoms with Crippen molar-refractivity contribution in [3.05, 3.63) is 34.9 Å². The van der Waals surface area contributed by atoms with Crippen molar-refractivity contribution in [2.24, 2.45) is 33.6 Å². The van der Waals surface area contributed by atoms with Gasteiger partial charge in [0.05, 0.1) is 6.10 Å². The van der Waals surface area contributed by atoms with Crippen LogP contribution >= 0.6 is 0 Å². The van der Waals surface area contributed by atoms with Crippen molar-refractivity contribution < 1.29 is 5.11 Å². The van der Waals surface area contributed by atoms with Crippen LogP contribution in [0.1, 0.15) is 72.6 Å². The lowest BCUT2D eigenvalue weighted by atomic mass is 9.47. The maximum atomic E-state index is 10.2. The lowest BCUT2D eigenvalue weighted by Gasteiger charge is -2.57. The van der Waals surface area contributed by atoms with Crippen molar-refractivity contribution in [3.8, 4) is 0 Å². The lowest BCUT2D eigenvalue weighted by molar-refractivity contribution is -0.0286. The van der Waals surface area contributed by atoms with Gasteiger partial charge in [-0.1, -0.05) is 37.6 Å². The predicted molar refractivity (Wildman–Crippen MR) is 114 cm³/mol. The topological polar surface area (TPSA) is 32.6 Å². The molecule has 0 amide bonds. The van der Waals surface area contributed by atoms with Crippen LogP contribution in [0.15, 0.2) is 39.9 Å². The number of aliphatic hydroxyl groups is 1. The van der Waals surface area contributed by atoms with Crippen molar-refractivity contribution in [2.75, 3.05) is 6.54 Å². The van der Waals surface area contributed by atoms with Gasteiger partial charge in [-0.15, -0.1) is 0 Å². The number of allylic oxidation sites excluding steroid dienone is 5. The van der Waals surface area contributed by atoms with E-state index in [9.17, 15) is 5.11 Å². The largest absolute Gasteiger partial charge is 0.393 e. The molecule has 2 saturated carbocycles. The maximum absolute atomic E-state index is 10.2. The molecule has 0 spiro atoms. The molecular formula is C25H37NO. The molecule has 27 heavy (non-hydrogen) atoms. The van der Waals surface area contributed by atoms with E-state index < -0.39 is 0 Å². The van der Waals surface area contributed by atoms with E-state index in [1.165, 1.54) is 37.7 Å². The second-order valence-corrected chi connectivity index (χ2v) is 9.84. The Hall–Kier alpha value is -1.15. The van der Waals surface area contributed by atoms with Crippen molar-refractivity contribution >= 4 is 6.21 Å². The number of hydrogen-bond acceptors (Lipinski definition) is 2. The summed E-state index contributed by atoms with van der Waals surface area (Å²) in [6.45, 7) is 10.2. The van der Waals surface area contributed by atoms with Gasteiger partial charge < -0.3 is 5.11 Å². The second-order valence-electron chi connectivity index (χ2n) is 9.84. The van der Waals surface area contributed by atoms with Gasteiger partial charge in [-0.05, 0) is 98.5 Å². The minimum atomic E-state index is -0.107. The van der Waals surface area contributed by atoms with Gasteiger partial charge in [0, 0.05) is 12.8 Å². The smallest absolute Gasteiger partial charge is 0.0577 e. The number of aliphatic imine (C=N–C) groups is 1. The van der Waals surface area contributed by atoms with E-state index in [0.717, 1.165) is 37.1 Å². The standard InChI is InChI=1S/C25H37NO/c1-5-17(16-26-6-2)21-9-10-22-20-8-7-18-15-19(27)11-13-24(18,3)23(20)12-14-25(21,22)4/h5,7,9,16,19-20,22-23,27H,6,8,10-15H2,1-4H3. The minimum absolute atomic E-state index is 0.107. The summed E-state index contributed by atoms with van der Waals surface area (Å²) in [5, 5.41) is 10.2. The fourth-order valence-electron chi connectivity index (χ4n) is 7.15. The van der Waals surface area contributed by atoms with Crippen LogP contribution in [0.25, 0.3) is 0 Å². The fraction of sp³-hybridized carbons (Fsp3) is 0.720. The van der Waals surface area contributed by atoms with E-state index in [1.54, 1.807) is 11.1 Å². The first-order valence-corrected chi connectivity index (χ1v) is 11.2. The first-order valence-electron chi connectivity index (χ1n) is 11.2. The molecule has 1 N–H and O–H groups in total. The molecule has 0 aromatic heterocycles. The predicted octanol–water partition coefficient (Wildman–Crippen LogP) is 5.88. The summed E-state index contributed by atoms with van der Waals surface area (Å²) in [7, 11) is 0. The van der Waals surface area contributed by atoms with Gasteiger partial charge in [-0.3, -0.25) is 4.99 Å². The molecule has 0 saturated heterocycles. The molecule has 4 rings (SSSR count). The van der Waals surface area contributed by atoms with Crippen molar-refractivity contribution in [2.45, 2.75) is 78.7 Å². The average Bonchev–Trinajstić information content (AvgIpc) is 3.00. The van der Waals surface area contributed by atoms with Gasteiger partial charge in [-0.2, -0.15) is 0 Å². The van der Waals surface area contributed by atoms with E-state index in [4.69, 9.17) is 0 Å². The third-order valence-electron chi connectivity index (χ3n) is 8.69. The third-order valence-corrected chi connectivity index (χ3v) is 8.69. The second kappa shape index (κ2) is 7.03. The normalized spacial score (nSPS) is 44.4. The van der Waals surface area contributed by atoms with Crippen LogP contribution in [0.2, 0.25) is 0 Å². The zero-order chi connectivity index (χ0) is 19.2. The summed E-state index contributed by atoms with van der Waals surface area (Å²) >= 11 is 0. The van der Waals surface area contributed by atoms with E-state index in [0.29, 0.717) is 10.8 Å². The molecule has 0 aliphatic heterocycles. The Morgan fingerprint density at radius 2 is 1.93 bits per heavy atom. The van der Waals surface area contributed by atoms with Crippen LogP contribution in [-0.4, -0.2) is 24.0 Å². The SMILES string of the molecule is CC=C(C=NCC)C1=CCC2C3CC=C4CC(O)CCC4(C)C3CCC12C. The van der Waals surface area contributed by atoms with E-state index >= 15 is 0 Å². The molecule has 2 nitrogen and oxygen atoms in total. The first kappa shape index (κ1) is 19.2. The van der Waals surface area contributed by atoms with E-state index in [1.807, 2.05) is 0 Å². The van der Waals surface area contributed by atoms with Gasteiger partial charge in [0.2, 0.25) is 0 Å². The summed E-state index contributed by atoms with van der Waals surface area (Å²) < 4.78 is 0. The molecule has 148 valence electrons. The van der Waals surface area contributed by atoms with Crippen LogP contribution in [-0.2, 0) is 0 Å². The Labute approximate surface area is 165 Å². The monoisotopic (exact) mass is 367 g/mol. The Morgan fingerprint density at radius 3 is 2.67 bits per heavy atom. The molecule has 2 heteroatoms. The van der Waals surface area contributed by atoms with Crippen LogP contribution < -0.4 is 0 Å². The zero-order valence-corrected chi connectivity index (χ0v) is 17.7. The van der Waals surface area contributed by atoms with Crippen molar-refractivity contribution in [3.63, 3.8) is 0 Å². The molecule has 6 atom stereocenters. The highest BCUT2D eigenvalue weighted by Gasteiger charge is 2.56. The number of rotatable bonds is 3. The van der Waals surface area contributed by atoms with Crippen LogP contribution in [0, 0.1) is 28.6 Å². The van der Waals surface area contributed by atoms with Crippen molar-refractivity contribution in [1.29, 1.82) is 0 Å². The molecule has 6 unspecified atom stereocenters. The Balaban J connectivity index is 1.62. The third kappa shape index (κ3) is 2.90. The Bertz CT molecular complexity index is 714.